The highest BCUT2D eigenvalue weighted by molar-refractivity contribution is 6.10. The van der Waals surface area contributed by atoms with Crippen LogP contribution in [0.1, 0.15) is 5.56 Å². The van der Waals surface area contributed by atoms with E-state index in [0.29, 0.717) is 16.6 Å². The quantitative estimate of drug-likeness (QED) is 0.566. The second-order valence-corrected chi connectivity index (χ2v) is 4.98. The van der Waals surface area contributed by atoms with E-state index < -0.39 is 17.1 Å². The van der Waals surface area contributed by atoms with Crippen LogP contribution in [-0.2, 0) is 0 Å². The van der Waals surface area contributed by atoms with Crippen molar-refractivity contribution in [1.29, 1.82) is 0 Å². The second kappa shape index (κ2) is 4.27. The summed E-state index contributed by atoms with van der Waals surface area (Å²) >= 11 is 0. The normalized spacial score (nSPS) is 11.6. The van der Waals surface area contributed by atoms with Crippen LogP contribution < -0.4 is 5.43 Å². The van der Waals surface area contributed by atoms with Crippen LogP contribution in [0.15, 0.2) is 34.0 Å². The Morgan fingerprint density at radius 1 is 1.23 bits per heavy atom. The van der Waals surface area contributed by atoms with Gasteiger partial charge in [0.2, 0.25) is 5.43 Å². The lowest BCUT2D eigenvalue weighted by Gasteiger charge is -2.09. The fourth-order valence-electron chi connectivity index (χ4n) is 2.63. The lowest BCUT2D eigenvalue weighted by Crippen LogP contribution is -2.14. The average Bonchev–Trinajstić information content (AvgIpc) is 3.19. The largest absolute Gasteiger partial charge is 0.472 e. The molecule has 4 rings (SSSR count). The molecule has 7 heteroatoms. The third-order valence-electron chi connectivity index (χ3n) is 3.74. The minimum Gasteiger partial charge on any atom is -0.472 e. The topological polar surface area (TPSA) is 74.7 Å². The lowest BCUT2D eigenvalue weighted by atomic mass is 10.00. The molecular weight excluding hydrogens is 292 g/mol. The maximum Gasteiger partial charge on any atom is 0.220 e. The van der Waals surface area contributed by atoms with Gasteiger partial charge in [0, 0.05) is 33.5 Å². The van der Waals surface area contributed by atoms with Gasteiger partial charge < -0.3 is 9.52 Å². The van der Waals surface area contributed by atoms with Crippen LogP contribution in [-0.4, -0.2) is 15.2 Å². The molecule has 0 spiro atoms. The highest BCUT2D eigenvalue weighted by Crippen LogP contribution is 2.34. The van der Waals surface area contributed by atoms with E-state index >= 15 is 0 Å². The molecule has 3 aromatic heterocycles. The third-order valence-corrected chi connectivity index (χ3v) is 3.74. The molecule has 3 heterocycles. The number of hydrogen-bond donors (Lipinski definition) is 2. The molecule has 1 aromatic carbocycles. The van der Waals surface area contributed by atoms with E-state index in [-0.39, 0.29) is 22.0 Å². The number of fused-ring (bicyclic) bond motifs is 3. The van der Waals surface area contributed by atoms with Gasteiger partial charge in [0.15, 0.2) is 11.5 Å². The summed E-state index contributed by atoms with van der Waals surface area (Å²) in [7, 11) is 0. The monoisotopic (exact) mass is 301 g/mol. The van der Waals surface area contributed by atoms with Crippen LogP contribution in [0, 0.1) is 18.6 Å². The van der Waals surface area contributed by atoms with Crippen LogP contribution >= 0.6 is 0 Å². The zero-order valence-corrected chi connectivity index (χ0v) is 11.3. The number of halogens is 2. The van der Waals surface area contributed by atoms with Gasteiger partial charge in [0.1, 0.15) is 5.82 Å². The van der Waals surface area contributed by atoms with Crippen molar-refractivity contribution in [3.8, 4) is 11.3 Å². The first-order valence-electron chi connectivity index (χ1n) is 6.49. The van der Waals surface area contributed by atoms with Gasteiger partial charge in [-0.2, -0.15) is 0 Å². The number of aromatic nitrogens is 3. The molecule has 0 fully saturated rings. The van der Waals surface area contributed by atoms with Crippen molar-refractivity contribution in [2.24, 2.45) is 0 Å². The van der Waals surface area contributed by atoms with Gasteiger partial charge in [-0.1, -0.05) is 0 Å². The number of nitrogens with one attached hydrogen (secondary N) is 2. The van der Waals surface area contributed by atoms with Crippen molar-refractivity contribution < 1.29 is 13.2 Å². The van der Waals surface area contributed by atoms with Gasteiger partial charge in [-0.3, -0.25) is 9.89 Å². The highest BCUT2D eigenvalue weighted by Gasteiger charge is 2.23. The minimum absolute atomic E-state index is 0.0310. The molecule has 22 heavy (non-hydrogen) atoms. The van der Waals surface area contributed by atoms with Crippen LogP contribution in [0.4, 0.5) is 8.78 Å². The number of rotatable bonds is 1. The van der Waals surface area contributed by atoms with Crippen molar-refractivity contribution in [3.05, 3.63) is 52.2 Å². The van der Waals surface area contributed by atoms with E-state index in [1.807, 2.05) is 0 Å². The molecule has 110 valence electrons. The zero-order valence-electron chi connectivity index (χ0n) is 11.3. The van der Waals surface area contributed by atoms with E-state index in [1.54, 1.807) is 6.07 Å². The van der Waals surface area contributed by atoms with Crippen molar-refractivity contribution in [1.82, 2.24) is 15.2 Å². The van der Waals surface area contributed by atoms with Gasteiger partial charge >= 0.3 is 0 Å². The van der Waals surface area contributed by atoms with Crippen LogP contribution in [0.2, 0.25) is 0 Å². The number of hydrogen-bond acceptors (Lipinski definition) is 3. The molecule has 0 radical (unpaired) electrons. The number of furan rings is 1. The van der Waals surface area contributed by atoms with Gasteiger partial charge in [-0.25, -0.2) is 13.8 Å². The molecule has 0 unspecified atom stereocenters. The smallest absolute Gasteiger partial charge is 0.220 e. The number of H-pyrrole nitrogens is 2. The summed E-state index contributed by atoms with van der Waals surface area (Å²) in [6.45, 7) is 1.26. The molecule has 0 bridgehead atoms. The third kappa shape index (κ3) is 1.50. The summed E-state index contributed by atoms with van der Waals surface area (Å²) in [4.78, 5) is 16.2. The summed E-state index contributed by atoms with van der Waals surface area (Å²) in [5, 5.41) is 5.61. The Hall–Kier alpha value is -2.96. The Morgan fingerprint density at radius 3 is 2.77 bits per heavy atom. The molecule has 0 amide bonds. The van der Waals surface area contributed by atoms with Gasteiger partial charge in [0.25, 0.3) is 0 Å². The van der Waals surface area contributed by atoms with Crippen LogP contribution in [0.3, 0.4) is 0 Å². The van der Waals surface area contributed by atoms with Crippen molar-refractivity contribution >= 4 is 21.8 Å². The van der Waals surface area contributed by atoms with E-state index in [4.69, 9.17) is 4.42 Å². The molecular formula is C15H9F2N3O2. The predicted octanol–water partition coefficient (Wildman–Crippen LogP) is 3.25. The first-order chi connectivity index (χ1) is 10.6. The molecule has 2 N–H and O–H groups in total. The van der Waals surface area contributed by atoms with Crippen molar-refractivity contribution in [2.75, 3.05) is 0 Å². The predicted molar refractivity (Wildman–Crippen MR) is 76.6 cm³/mol. The maximum absolute atomic E-state index is 14.7. The summed E-state index contributed by atoms with van der Waals surface area (Å²) in [5.74, 6) is -1.76. The van der Waals surface area contributed by atoms with E-state index in [9.17, 15) is 13.6 Å². The Morgan fingerprint density at radius 2 is 2.05 bits per heavy atom. The van der Waals surface area contributed by atoms with E-state index in [0.717, 1.165) is 0 Å². The second-order valence-electron chi connectivity index (χ2n) is 4.98. The maximum atomic E-state index is 14.7. The summed E-state index contributed by atoms with van der Waals surface area (Å²) < 4.78 is 34.2. The van der Waals surface area contributed by atoms with Crippen LogP contribution in [0.5, 0.6) is 0 Å². The number of pyridine rings is 1. The molecule has 0 saturated carbocycles. The van der Waals surface area contributed by atoms with E-state index in [2.05, 4.69) is 15.2 Å². The first kappa shape index (κ1) is 12.8. The Bertz CT molecular complexity index is 1080. The summed E-state index contributed by atoms with van der Waals surface area (Å²) in [6.07, 6.45) is 4.25. The van der Waals surface area contributed by atoms with Gasteiger partial charge in [0.05, 0.1) is 18.2 Å². The standard InChI is InChI=1S/C15H9F2N3O2/c1-6-11(16)10-9(12(17)14(6)21)8-4-18-20-15(8)19-13(10)7-2-3-22-5-7/h2-5H,1H3,(H2,18,19,20). The van der Waals surface area contributed by atoms with Gasteiger partial charge in [-0.15, -0.1) is 0 Å². The Balaban J connectivity index is 2.36. The fourth-order valence-corrected chi connectivity index (χ4v) is 2.63. The molecule has 4 aromatic rings. The zero-order chi connectivity index (χ0) is 15.4. The molecule has 0 saturated heterocycles. The summed E-state index contributed by atoms with van der Waals surface area (Å²) in [6, 6.07) is 1.60. The lowest BCUT2D eigenvalue weighted by molar-refractivity contribution is 0.568. The first-order valence-corrected chi connectivity index (χ1v) is 6.49. The van der Waals surface area contributed by atoms with Crippen molar-refractivity contribution in [3.63, 3.8) is 0 Å². The molecule has 0 aliphatic heterocycles. The van der Waals surface area contributed by atoms with Gasteiger partial charge in [-0.05, 0) is 13.0 Å². The Kier molecular flexibility index (Phi) is 2.47. The SMILES string of the molecule is Cc1c(F)c2c(-c3ccoc3)nc3[nH][nH]cc3c2c(F)c1=O. The summed E-state index contributed by atoms with van der Waals surface area (Å²) in [5.41, 5.74) is -0.179. The Labute approximate surface area is 121 Å². The highest BCUT2D eigenvalue weighted by atomic mass is 19.1. The van der Waals surface area contributed by atoms with E-state index in [1.165, 1.54) is 25.6 Å². The fraction of sp³-hybridized carbons (Fsp3) is 0.0667. The molecule has 0 aliphatic rings. The number of benzene rings is 1. The van der Waals surface area contributed by atoms with Crippen molar-refractivity contribution in [2.45, 2.75) is 6.92 Å². The van der Waals surface area contributed by atoms with Crippen LogP contribution in [0.25, 0.3) is 33.1 Å². The number of aromatic amines is 2. The average molecular weight is 301 g/mol. The minimum atomic E-state index is -0.987. The molecule has 5 nitrogen and oxygen atoms in total. The molecule has 0 atom stereocenters. The number of nitrogens with zero attached hydrogens (tertiary/aromatic N) is 1. The molecule has 0 aliphatic carbocycles.